The molecule has 0 atom stereocenters. The standard InChI is InChI=1S/C29H37NO2/c1-2-3-4-5-7-10-24-18-20-26(19-17-23-13-15-25(22-30)16-14-23)28(21-24)32-29(31)27-11-8-6-9-12-27/h13-16,18,20-21,27H,2-12,17,19H2,1H3. The topological polar surface area (TPSA) is 50.1 Å². The van der Waals surface area contributed by atoms with Gasteiger partial charge in [-0.2, -0.15) is 5.26 Å². The molecule has 0 N–H and O–H groups in total. The number of ether oxygens (including phenoxy) is 1. The van der Waals surface area contributed by atoms with Crippen molar-refractivity contribution in [3.05, 3.63) is 64.7 Å². The highest BCUT2D eigenvalue weighted by Gasteiger charge is 2.24. The molecule has 0 spiro atoms. The molecule has 0 aromatic heterocycles. The van der Waals surface area contributed by atoms with Crippen LogP contribution in [0.1, 0.15) is 93.4 Å². The van der Waals surface area contributed by atoms with Crippen LogP contribution in [-0.2, 0) is 24.1 Å². The number of carbonyl (C=O) groups excluding carboxylic acids is 1. The summed E-state index contributed by atoms with van der Waals surface area (Å²) in [5.41, 5.74) is 4.22. The Morgan fingerprint density at radius 2 is 1.62 bits per heavy atom. The summed E-state index contributed by atoms with van der Waals surface area (Å²) in [6.45, 7) is 2.24. The molecular weight excluding hydrogens is 394 g/mol. The molecule has 0 heterocycles. The van der Waals surface area contributed by atoms with E-state index in [1.165, 1.54) is 49.7 Å². The molecule has 0 unspecified atom stereocenters. The van der Waals surface area contributed by atoms with Crippen LogP contribution in [0.3, 0.4) is 0 Å². The summed E-state index contributed by atoms with van der Waals surface area (Å²) < 4.78 is 6.01. The Morgan fingerprint density at radius 1 is 0.906 bits per heavy atom. The van der Waals surface area contributed by atoms with Crippen molar-refractivity contribution in [2.75, 3.05) is 0 Å². The van der Waals surface area contributed by atoms with Gasteiger partial charge in [-0.05, 0) is 73.4 Å². The zero-order valence-electron chi connectivity index (χ0n) is 19.6. The fourth-order valence-corrected chi connectivity index (χ4v) is 4.54. The average Bonchev–Trinajstić information content (AvgIpc) is 2.84. The predicted octanol–water partition coefficient (Wildman–Crippen LogP) is 7.34. The van der Waals surface area contributed by atoms with Crippen LogP contribution in [0, 0.1) is 17.2 Å². The largest absolute Gasteiger partial charge is 0.426 e. The van der Waals surface area contributed by atoms with Gasteiger partial charge in [-0.15, -0.1) is 0 Å². The lowest BCUT2D eigenvalue weighted by Gasteiger charge is -2.21. The maximum Gasteiger partial charge on any atom is 0.314 e. The molecule has 0 aliphatic heterocycles. The zero-order valence-corrected chi connectivity index (χ0v) is 19.6. The van der Waals surface area contributed by atoms with E-state index in [0.717, 1.165) is 56.3 Å². The first-order chi connectivity index (χ1) is 15.7. The first-order valence-corrected chi connectivity index (χ1v) is 12.5. The lowest BCUT2D eigenvalue weighted by Crippen LogP contribution is -2.23. The van der Waals surface area contributed by atoms with E-state index in [9.17, 15) is 4.79 Å². The van der Waals surface area contributed by atoms with Crippen molar-refractivity contribution >= 4 is 5.97 Å². The number of aryl methyl sites for hydroxylation is 3. The number of benzene rings is 2. The Bertz CT molecular complexity index is 888. The third kappa shape index (κ3) is 7.52. The Morgan fingerprint density at radius 3 is 2.34 bits per heavy atom. The molecular formula is C29H37NO2. The van der Waals surface area contributed by atoms with Gasteiger partial charge < -0.3 is 4.74 Å². The molecule has 1 aliphatic carbocycles. The molecule has 2 aromatic rings. The number of hydrogen-bond acceptors (Lipinski definition) is 3. The average molecular weight is 432 g/mol. The van der Waals surface area contributed by atoms with Crippen LogP contribution in [0.4, 0.5) is 0 Å². The third-order valence-corrected chi connectivity index (χ3v) is 6.62. The normalized spacial score (nSPS) is 14.1. The molecule has 170 valence electrons. The van der Waals surface area contributed by atoms with Crippen molar-refractivity contribution in [2.24, 2.45) is 5.92 Å². The van der Waals surface area contributed by atoms with Crippen LogP contribution in [0.5, 0.6) is 5.75 Å². The maximum absolute atomic E-state index is 12.9. The van der Waals surface area contributed by atoms with Crippen LogP contribution in [0.2, 0.25) is 0 Å². The van der Waals surface area contributed by atoms with Gasteiger partial charge in [0.15, 0.2) is 0 Å². The van der Waals surface area contributed by atoms with E-state index in [2.05, 4.69) is 31.2 Å². The number of unbranched alkanes of at least 4 members (excludes halogenated alkanes) is 4. The predicted molar refractivity (Wildman–Crippen MR) is 130 cm³/mol. The number of nitrogens with zero attached hydrogens (tertiary/aromatic N) is 1. The minimum Gasteiger partial charge on any atom is -0.426 e. The van der Waals surface area contributed by atoms with Gasteiger partial charge in [0.2, 0.25) is 0 Å². The zero-order chi connectivity index (χ0) is 22.6. The second kappa shape index (κ2) is 13.1. The minimum absolute atomic E-state index is 0.0489. The fourth-order valence-electron chi connectivity index (χ4n) is 4.54. The Labute approximate surface area is 193 Å². The Hall–Kier alpha value is -2.60. The number of rotatable bonds is 11. The highest BCUT2D eigenvalue weighted by Crippen LogP contribution is 2.29. The summed E-state index contributed by atoms with van der Waals surface area (Å²) in [5, 5.41) is 9.00. The minimum atomic E-state index is -0.0515. The first-order valence-electron chi connectivity index (χ1n) is 12.5. The molecule has 3 rings (SSSR count). The fraction of sp³-hybridized carbons (Fsp3) is 0.517. The lowest BCUT2D eigenvalue weighted by atomic mass is 9.89. The molecule has 0 radical (unpaired) electrons. The summed E-state index contributed by atoms with van der Waals surface area (Å²) in [4.78, 5) is 12.9. The SMILES string of the molecule is CCCCCCCc1ccc(CCc2ccc(C#N)cc2)c(OC(=O)C2CCCCC2)c1. The van der Waals surface area contributed by atoms with Crippen molar-refractivity contribution in [3.63, 3.8) is 0 Å². The van der Waals surface area contributed by atoms with Gasteiger partial charge in [0.25, 0.3) is 0 Å². The highest BCUT2D eigenvalue weighted by atomic mass is 16.5. The van der Waals surface area contributed by atoms with Gasteiger partial charge >= 0.3 is 5.97 Å². The second-order valence-electron chi connectivity index (χ2n) is 9.17. The van der Waals surface area contributed by atoms with Gasteiger partial charge in [-0.1, -0.05) is 76.1 Å². The van der Waals surface area contributed by atoms with Gasteiger partial charge in [0.1, 0.15) is 5.75 Å². The summed E-state index contributed by atoms with van der Waals surface area (Å²) in [5.74, 6) is 0.748. The Kier molecular flexibility index (Phi) is 9.82. The molecule has 1 fully saturated rings. The number of carbonyl (C=O) groups is 1. The molecule has 1 saturated carbocycles. The van der Waals surface area contributed by atoms with Crippen LogP contribution in [-0.4, -0.2) is 5.97 Å². The van der Waals surface area contributed by atoms with E-state index >= 15 is 0 Å². The van der Waals surface area contributed by atoms with Crippen LogP contribution < -0.4 is 4.74 Å². The smallest absolute Gasteiger partial charge is 0.314 e. The van der Waals surface area contributed by atoms with Crippen molar-refractivity contribution < 1.29 is 9.53 Å². The number of nitriles is 1. The summed E-state index contributed by atoms with van der Waals surface area (Å²) in [6.07, 6.45) is 14.4. The van der Waals surface area contributed by atoms with E-state index in [-0.39, 0.29) is 11.9 Å². The summed E-state index contributed by atoms with van der Waals surface area (Å²) in [6, 6.07) is 16.4. The number of esters is 1. The molecule has 0 amide bonds. The molecule has 0 bridgehead atoms. The van der Waals surface area contributed by atoms with Crippen molar-refractivity contribution in [1.82, 2.24) is 0 Å². The van der Waals surface area contributed by atoms with E-state index < -0.39 is 0 Å². The molecule has 3 nitrogen and oxygen atoms in total. The van der Waals surface area contributed by atoms with Crippen molar-refractivity contribution in [2.45, 2.75) is 90.4 Å². The molecule has 32 heavy (non-hydrogen) atoms. The van der Waals surface area contributed by atoms with Crippen molar-refractivity contribution in [3.8, 4) is 11.8 Å². The van der Waals surface area contributed by atoms with E-state index in [4.69, 9.17) is 10.00 Å². The van der Waals surface area contributed by atoms with Gasteiger partial charge in [-0.25, -0.2) is 0 Å². The first kappa shape index (κ1) is 24.1. The molecule has 0 saturated heterocycles. The van der Waals surface area contributed by atoms with E-state index in [1.807, 2.05) is 24.3 Å². The maximum atomic E-state index is 12.9. The van der Waals surface area contributed by atoms with Crippen molar-refractivity contribution in [1.29, 1.82) is 5.26 Å². The van der Waals surface area contributed by atoms with E-state index in [0.29, 0.717) is 5.56 Å². The highest BCUT2D eigenvalue weighted by molar-refractivity contribution is 5.75. The second-order valence-corrected chi connectivity index (χ2v) is 9.17. The number of hydrogen-bond donors (Lipinski definition) is 0. The third-order valence-electron chi connectivity index (χ3n) is 6.62. The van der Waals surface area contributed by atoms with Gasteiger partial charge in [0.05, 0.1) is 17.6 Å². The molecule has 1 aliphatic rings. The quantitative estimate of drug-likeness (QED) is 0.212. The molecule has 3 heteroatoms. The van der Waals surface area contributed by atoms with Gasteiger partial charge in [-0.3, -0.25) is 4.79 Å². The Balaban J connectivity index is 1.68. The van der Waals surface area contributed by atoms with Crippen LogP contribution in [0.15, 0.2) is 42.5 Å². The van der Waals surface area contributed by atoms with Crippen LogP contribution >= 0.6 is 0 Å². The van der Waals surface area contributed by atoms with Crippen LogP contribution in [0.25, 0.3) is 0 Å². The summed E-state index contributed by atoms with van der Waals surface area (Å²) >= 11 is 0. The molecule has 2 aromatic carbocycles. The monoisotopic (exact) mass is 431 g/mol. The lowest BCUT2D eigenvalue weighted by molar-refractivity contribution is -0.140. The van der Waals surface area contributed by atoms with Gasteiger partial charge in [0, 0.05) is 0 Å². The van der Waals surface area contributed by atoms with E-state index in [1.54, 1.807) is 0 Å². The summed E-state index contributed by atoms with van der Waals surface area (Å²) in [7, 11) is 0.